The number of rotatable bonds is 4. The van der Waals surface area contributed by atoms with E-state index in [9.17, 15) is 0 Å². The molecule has 0 aliphatic carbocycles. The second-order valence-corrected chi connectivity index (χ2v) is 4.26. The van der Waals surface area contributed by atoms with Gasteiger partial charge in [0.1, 0.15) is 11.5 Å². The summed E-state index contributed by atoms with van der Waals surface area (Å²) in [4.78, 5) is 4.37. The molecule has 0 aliphatic rings. The van der Waals surface area contributed by atoms with Gasteiger partial charge < -0.3 is 14.3 Å². The maximum Gasteiger partial charge on any atom is 0.124 e. The van der Waals surface area contributed by atoms with Gasteiger partial charge in [-0.05, 0) is 31.3 Å². The van der Waals surface area contributed by atoms with Crippen molar-refractivity contribution in [1.82, 2.24) is 14.9 Å². The van der Waals surface area contributed by atoms with Crippen molar-refractivity contribution in [3.8, 4) is 0 Å². The van der Waals surface area contributed by atoms with Crippen molar-refractivity contribution in [3.63, 3.8) is 0 Å². The summed E-state index contributed by atoms with van der Waals surface area (Å²) in [5.41, 5.74) is 2.14. The lowest BCUT2D eigenvalue weighted by Crippen LogP contribution is -2.03. The lowest BCUT2D eigenvalue weighted by atomic mass is 10.3. The van der Waals surface area contributed by atoms with Gasteiger partial charge in [0.05, 0.1) is 30.5 Å². The second kappa shape index (κ2) is 4.66. The minimum atomic E-state index is 0.713. The molecule has 18 heavy (non-hydrogen) atoms. The highest BCUT2D eigenvalue weighted by Gasteiger charge is 2.05. The van der Waals surface area contributed by atoms with Gasteiger partial charge in [0, 0.05) is 0 Å². The molecule has 2 heterocycles. The van der Waals surface area contributed by atoms with E-state index in [0.29, 0.717) is 6.54 Å². The number of nitrogens with one attached hydrogen (secondary N) is 1. The predicted molar refractivity (Wildman–Crippen MR) is 70.3 cm³/mol. The SMILES string of the molecule is CNCc1ccc(Cn2cnc3ccccc32)o1. The quantitative estimate of drug-likeness (QED) is 0.762. The van der Waals surface area contributed by atoms with Crippen LogP contribution in [0.25, 0.3) is 11.0 Å². The van der Waals surface area contributed by atoms with Crippen molar-refractivity contribution < 1.29 is 4.42 Å². The molecule has 0 fully saturated rings. The largest absolute Gasteiger partial charge is 0.463 e. The van der Waals surface area contributed by atoms with Crippen LogP contribution in [0.2, 0.25) is 0 Å². The lowest BCUT2D eigenvalue weighted by molar-refractivity contribution is 0.446. The first kappa shape index (κ1) is 11.0. The third kappa shape index (κ3) is 2.02. The number of aromatic nitrogens is 2. The first-order chi connectivity index (χ1) is 8.86. The van der Waals surface area contributed by atoms with Gasteiger partial charge in [-0.1, -0.05) is 12.1 Å². The summed E-state index contributed by atoms with van der Waals surface area (Å²) >= 11 is 0. The zero-order valence-corrected chi connectivity index (χ0v) is 10.3. The van der Waals surface area contributed by atoms with Gasteiger partial charge in [0.15, 0.2) is 0 Å². The number of benzene rings is 1. The molecule has 3 rings (SSSR count). The average Bonchev–Trinajstić information content (AvgIpc) is 2.99. The molecule has 0 unspecified atom stereocenters. The van der Waals surface area contributed by atoms with Gasteiger partial charge in [-0.25, -0.2) is 4.98 Å². The van der Waals surface area contributed by atoms with E-state index in [1.165, 1.54) is 0 Å². The topological polar surface area (TPSA) is 43.0 Å². The Morgan fingerprint density at radius 2 is 2.00 bits per heavy atom. The first-order valence-corrected chi connectivity index (χ1v) is 5.99. The third-order valence-electron chi connectivity index (χ3n) is 2.92. The van der Waals surface area contributed by atoms with Crippen molar-refractivity contribution in [2.45, 2.75) is 13.1 Å². The molecule has 92 valence electrons. The molecule has 0 radical (unpaired) electrons. The molecule has 0 saturated carbocycles. The van der Waals surface area contributed by atoms with E-state index in [1.807, 2.05) is 43.7 Å². The van der Waals surface area contributed by atoms with Crippen molar-refractivity contribution >= 4 is 11.0 Å². The minimum absolute atomic E-state index is 0.713. The van der Waals surface area contributed by atoms with Gasteiger partial charge >= 0.3 is 0 Å². The molecule has 0 bridgehead atoms. The standard InChI is InChI=1S/C14H15N3O/c1-15-8-11-6-7-12(18-11)9-17-10-16-13-4-2-3-5-14(13)17/h2-7,10,15H,8-9H2,1H3. The second-order valence-electron chi connectivity index (χ2n) is 4.26. The van der Waals surface area contributed by atoms with E-state index in [-0.39, 0.29) is 0 Å². The Bertz CT molecular complexity index is 654. The zero-order chi connectivity index (χ0) is 12.4. The van der Waals surface area contributed by atoms with Crippen LogP contribution in [0.3, 0.4) is 0 Å². The number of fused-ring (bicyclic) bond motifs is 1. The first-order valence-electron chi connectivity index (χ1n) is 5.99. The van der Waals surface area contributed by atoms with Crippen LogP contribution in [0.15, 0.2) is 47.1 Å². The summed E-state index contributed by atoms with van der Waals surface area (Å²) in [6.45, 7) is 1.47. The van der Waals surface area contributed by atoms with E-state index in [0.717, 1.165) is 29.1 Å². The van der Waals surface area contributed by atoms with Crippen LogP contribution in [-0.4, -0.2) is 16.6 Å². The van der Waals surface area contributed by atoms with Gasteiger partial charge in [0.2, 0.25) is 0 Å². The van der Waals surface area contributed by atoms with Crippen molar-refractivity contribution in [1.29, 1.82) is 0 Å². The molecule has 2 aromatic heterocycles. The number of nitrogens with zero attached hydrogens (tertiary/aromatic N) is 2. The summed E-state index contributed by atoms with van der Waals surface area (Å²) in [6, 6.07) is 12.1. The Kier molecular flexibility index (Phi) is 2.86. The predicted octanol–water partition coefficient (Wildman–Crippen LogP) is 2.40. The Morgan fingerprint density at radius 1 is 1.17 bits per heavy atom. The Hall–Kier alpha value is -2.07. The maximum atomic E-state index is 5.74. The van der Waals surface area contributed by atoms with Gasteiger partial charge in [-0.15, -0.1) is 0 Å². The van der Waals surface area contributed by atoms with Crippen LogP contribution in [0, 0.1) is 0 Å². The summed E-state index contributed by atoms with van der Waals surface area (Å²) in [6.07, 6.45) is 1.85. The molecule has 0 spiro atoms. The Morgan fingerprint density at radius 3 is 2.89 bits per heavy atom. The lowest BCUT2D eigenvalue weighted by Gasteiger charge is -2.01. The van der Waals surface area contributed by atoms with Crippen molar-refractivity contribution in [2.24, 2.45) is 0 Å². The minimum Gasteiger partial charge on any atom is -0.463 e. The molecule has 0 amide bonds. The van der Waals surface area contributed by atoms with Gasteiger partial charge in [0.25, 0.3) is 0 Å². The Labute approximate surface area is 105 Å². The highest BCUT2D eigenvalue weighted by Crippen LogP contribution is 2.15. The van der Waals surface area contributed by atoms with Gasteiger partial charge in [-0.3, -0.25) is 0 Å². The smallest absolute Gasteiger partial charge is 0.124 e. The fourth-order valence-electron chi connectivity index (χ4n) is 2.08. The summed E-state index contributed by atoms with van der Waals surface area (Å²) < 4.78 is 7.83. The van der Waals surface area contributed by atoms with Crippen LogP contribution in [0.1, 0.15) is 11.5 Å². The van der Waals surface area contributed by atoms with Crippen LogP contribution < -0.4 is 5.32 Å². The summed E-state index contributed by atoms with van der Waals surface area (Å²) in [7, 11) is 1.91. The van der Waals surface area contributed by atoms with Crippen LogP contribution in [0.4, 0.5) is 0 Å². The molecule has 1 N–H and O–H groups in total. The van der Waals surface area contributed by atoms with Crippen molar-refractivity contribution in [2.75, 3.05) is 7.05 Å². The normalized spacial score (nSPS) is 11.2. The number of imidazole rings is 1. The number of furan rings is 1. The number of para-hydroxylation sites is 2. The Balaban J connectivity index is 1.87. The molecule has 4 nitrogen and oxygen atoms in total. The highest BCUT2D eigenvalue weighted by atomic mass is 16.3. The molecule has 0 atom stereocenters. The zero-order valence-electron chi connectivity index (χ0n) is 10.3. The van der Waals surface area contributed by atoms with Crippen molar-refractivity contribution in [3.05, 3.63) is 54.2 Å². The van der Waals surface area contributed by atoms with E-state index >= 15 is 0 Å². The number of hydrogen-bond donors (Lipinski definition) is 1. The molecule has 3 aromatic rings. The fourth-order valence-corrected chi connectivity index (χ4v) is 2.08. The molecule has 4 heteroatoms. The monoisotopic (exact) mass is 241 g/mol. The molecule has 1 aromatic carbocycles. The van der Waals surface area contributed by atoms with E-state index in [1.54, 1.807) is 0 Å². The highest BCUT2D eigenvalue weighted by molar-refractivity contribution is 5.74. The summed E-state index contributed by atoms with van der Waals surface area (Å²) in [5, 5.41) is 3.07. The van der Waals surface area contributed by atoms with Crippen LogP contribution >= 0.6 is 0 Å². The molecular formula is C14H15N3O. The summed E-state index contributed by atoms with van der Waals surface area (Å²) in [5.74, 6) is 1.90. The molecule has 0 aliphatic heterocycles. The average molecular weight is 241 g/mol. The molecule has 0 saturated heterocycles. The third-order valence-corrected chi connectivity index (χ3v) is 2.92. The van der Waals surface area contributed by atoms with Crippen LogP contribution in [0.5, 0.6) is 0 Å². The van der Waals surface area contributed by atoms with E-state index in [2.05, 4.69) is 20.9 Å². The maximum absolute atomic E-state index is 5.74. The van der Waals surface area contributed by atoms with E-state index < -0.39 is 0 Å². The van der Waals surface area contributed by atoms with Gasteiger partial charge in [-0.2, -0.15) is 0 Å². The van der Waals surface area contributed by atoms with E-state index in [4.69, 9.17) is 4.42 Å². The van der Waals surface area contributed by atoms with Crippen LogP contribution in [-0.2, 0) is 13.1 Å². The fraction of sp³-hybridized carbons (Fsp3) is 0.214. The molecular weight excluding hydrogens is 226 g/mol. The number of hydrogen-bond acceptors (Lipinski definition) is 3.